The molecule has 0 amide bonds. The van der Waals surface area contributed by atoms with Crippen LogP contribution < -0.4 is 4.74 Å². The Hall–Kier alpha value is -2.01. The second kappa shape index (κ2) is 6.24. The summed E-state index contributed by atoms with van der Waals surface area (Å²) in [5, 5.41) is 2.70. The van der Waals surface area contributed by atoms with Gasteiger partial charge in [-0.05, 0) is 22.9 Å². The van der Waals surface area contributed by atoms with Crippen LogP contribution >= 0.6 is 11.6 Å². The molecule has 0 aliphatic carbocycles. The first-order valence-electron chi connectivity index (χ1n) is 5.52. The van der Waals surface area contributed by atoms with Crippen molar-refractivity contribution in [3.05, 3.63) is 58.9 Å². The van der Waals surface area contributed by atoms with E-state index in [1.54, 1.807) is 24.3 Å². The van der Waals surface area contributed by atoms with Crippen molar-refractivity contribution >= 4 is 11.6 Å². The van der Waals surface area contributed by atoms with Gasteiger partial charge in [-0.1, -0.05) is 23.7 Å². The average Bonchev–Trinajstić information content (AvgIpc) is 2.41. The number of benzene rings is 1. The zero-order valence-electron chi connectivity index (χ0n) is 9.79. The van der Waals surface area contributed by atoms with Crippen LogP contribution in [-0.2, 0) is 6.42 Å². The third-order valence-corrected chi connectivity index (χ3v) is 2.57. The fourth-order valence-corrected chi connectivity index (χ4v) is 1.65. The van der Waals surface area contributed by atoms with Gasteiger partial charge < -0.3 is 4.74 Å². The van der Waals surface area contributed by atoms with E-state index in [0.717, 1.165) is 5.56 Å². The molecule has 1 aromatic carbocycles. The molecular formula is C13H10ClFN2O2. The first-order chi connectivity index (χ1) is 9.17. The van der Waals surface area contributed by atoms with Gasteiger partial charge >= 0.3 is 0 Å². The van der Waals surface area contributed by atoms with E-state index in [-0.39, 0.29) is 5.82 Å². The van der Waals surface area contributed by atoms with Crippen LogP contribution in [0.3, 0.4) is 0 Å². The predicted octanol–water partition coefficient (Wildman–Crippen LogP) is 3.89. The van der Waals surface area contributed by atoms with E-state index < -0.39 is 5.50 Å². The van der Waals surface area contributed by atoms with Gasteiger partial charge in [-0.15, -0.1) is 4.91 Å². The summed E-state index contributed by atoms with van der Waals surface area (Å²) in [5.74, 6) is 0.320. The third kappa shape index (κ3) is 3.99. The summed E-state index contributed by atoms with van der Waals surface area (Å²) in [4.78, 5) is 14.2. The van der Waals surface area contributed by atoms with Crippen molar-refractivity contribution in [1.29, 1.82) is 0 Å². The van der Waals surface area contributed by atoms with E-state index >= 15 is 0 Å². The van der Waals surface area contributed by atoms with Gasteiger partial charge in [0.25, 0.3) is 0 Å². The Kier molecular flexibility index (Phi) is 4.41. The van der Waals surface area contributed by atoms with Crippen LogP contribution in [0.25, 0.3) is 0 Å². The Balaban J connectivity index is 2.04. The van der Waals surface area contributed by atoms with Crippen molar-refractivity contribution < 1.29 is 9.13 Å². The van der Waals surface area contributed by atoms with E-state index in [0.29, 0.717) is 18.1 Å². The van der Waals surface area contributed by atoms with Gasteiger partial charge in [-0.3, -0.25) is 0 Å². The molecule has 1 aromatic heterocycles. The lowest BCUT2D eigenvalue weighted by Crippen LogP contribution is -1.99. The molecule has 19 heavy (non-hydrogen) atoms. The molecule has 98 valence electrons. The van der Waals surface area contributed by atoms with Gasteiger partial charge in [0.1, 0.15) is 11.6 Å². The molecule has 0 aliphatic heterocycles. The first-order valence-corrected chi connectivity index (χ1v) is 5.96. The molecule has 0 saturated heterocycles. The minimum Gasteiger partial charge on any atom is -0.439 e. The van der Waals surface area contributed by atoms with Crippen LogP contribution in [0.2, 0.25) is 0 Å². The molecule has 0 spiro atoms. The molecule has 2 rings (SSSR count). The molecule has 0 bridgehead atoms. The Morgan fingerprint density at radius 3 is 2.84 bits per heavy atom. The van der Waals surface area contributed by atoms with Crippen molar-refractivity contribution in [1.82, 2.24) is 4.98 Å². The largest absolute Gasteiger partial charge is 0.439 e. The van der Waals surface area contributed by atoms with Crippen LogP contribution in [0, 0.1) is 10.7 Å². The van der Waals surface area contributed by atoms with Crippen LogP contribution in [0.4, 0.5) is 4.39 Å². The number of rotatable bonds is 5. The number of halogens is 2. The zero-order chi connectivity index (χ0) is 13.7. The van der Waals surface area contributed by atoms with E-state index in [4.69, 9.17) is 16.3 Å². The van der Waals surface area contributed by atoms with Gasteiger partial charge in [0.2, 0.25) is 5.88 Å². The summed E-state index contributed by atoms with van der Waals surface area (Å²) in [5.41, 5.74) is -0.0389. The van der Waals surface area contributed by atoms with Crippen molar-refractivity contribution in [3.63, 3.8) is 0 Å². The van der Waals surface area contributed by atoms with Crippen LogP contribution in [0.1, 0.15) is 5.56 Å². The summed E-state index contributed by atoms with van der Waals surface area (Å²) in [6.45, 7) is 0. The Bertz CT molecular complexity index is 563. The maximum atomic E-state index is 13.0. The summed E-state index contributed by atoms with van der Waals surface area (Å²) < 4.78 is 18.3. The first kappa shape index (κ1) is 13.4. The second-order valence-electron chi connectivity index (χ2n) is 3.81. The number of ether oxygens (including phenoxy) is 1. The van der Waals surface area contributed by atoms with Crippen LogP contribution in [0.15, 0.2) is 47.8 Å². The number of aromatic nitrogens is 1. The lowest BCUT2D eigenvalue weighted by Gasteiger charge is -2.06. The highest BCUT2D eigenvalue weighted by molar-refractivity contribution is 6.20. The second-order valence-corrected chi connectivity index (χ2v) is 4.31. The van der Waals surface area contributed by atoms with Crippen molar-refractivity contribution in [2.45, 2.75) is 11.9 Å². The van der Waals surface area contributed by atoms with Crippen molar-refractivity contribution in [3.8, 4) is 11.6 Å². The van der Waals surface area contributed by atoms with Crippen molar-refractivity contribution in [2.75, 3.05) is 0 Å². The third-order valence-electron chi connectivity index (χ3n) is 2.33. The zero-order valence-corrected chi connectivity index (χ0v) is 10.5. The van der Waals surface area contributed by atoms with Crippen LogP contribution in [0.5, 0.6) is 11.6 Å². The fraction of sp³-hybridized carbons (Fsp3) is 0.154. The quantitative estimate of drug-likeness (QED) is 0.474. The monoisotopic (exact) mass is 280 g/mol. The number of nitroso groups, excluding NO2 is 1. The Morgan fingerprint density at radius 2 is 2.21 bits per heavy atom. The SMILES string of the molecule is O=NC(Cl)Cc1ccc(Oc2cccc(F)c2)nc1. The number of hydrogen-bond acceptors (Lipinski definition) is 4. The highest BCUT2D eigenvalue weighted by Gasteiger charge is 2.06. The van der Waals surface area contributed by atoms with Gasteiger partial charge in [-0.25, -0.2) is 9.37 Å². The lowest BCUT2D eigenvalue weighted by atomic mass is 10.2. The lowest BCUT2D eigenvalue weighted by molar-refractivity contribution is 0.457. The van der Waals surface area contributed by atoms with E-state index in [1.165, 1.54) is 18.3 Å². The highest BCUT2D eigenvalue weighted by Crippen LogP contribution is 2.20. The van der Waals surface area contributed by atoms with Gasteiger partial charge in [0.15, 0.2) is 5.50 Å². The molecule has 0 saturated carbocycles. The predicted molar refractivity (Wildman–Crippen MR) is 69.9 cm³/mol. The maximum Gasteiger partial charge on any atom is 0.219 e. The Morgan fingerprint density at radius 1 is 1.37 bits per heavy atom. The normalized spacial score (nSPS) is 11.9. The van der Waals surface area contributed by atoms with Crippen LogP contribution in [-0.4, -0.2) is 10.5 Å². The average molecular weight is 281 g/mol. The number of pyridine rings is 1. The Labute approximate surface area is 114 Å². The van der Waals surface area contributed by atoms with E-state index in [1.807, 2.05) is 0 Å². The smallest absolute Gasteiger partial charge is 0.219 e. The molecular weight excluding hydrogens is 271 g/mol. The molecule has 0 N–H and O–H groups in total. The molecule has 0 radical (unpaired) electrons. The molecule has 2 aromatic rings. The molecule has 4 nitrogen and oxygen atoms in total. The summed E-state index contributed by atoms with van der Waals surface area (Å²) in [6.07, 6.45) is 1.84. The molecule has 1 unspecified atom stereocenters. The van der Waals surface area contributed by atoms with E-state index in [2.05, 4.69) is 10.2 Å². The molecule has 1 atom stereocenters. The maximum absolute atomic E-state index is 13.0. The van der Waals surface area contributed by atoms with Gasteiger partial charge in [0.05, 0.1) is 0 Å². The highest BCUT2D eigenvalue weighted by atomic mass is 35.5. The van der Waals surface area contributed by atoms with Gasteiger partial charge in [0, 0.05) is 24.8 Å². The number of hydrogen-bond donors (Lipinski definition) is 0. The summed E-state index contributed by atoms with van der Waals surface area (Å²) >= 11 is 5.61. The fourth-order valence-electron chi connectivity index (χ4n) is 1.48. The van der Waals surface area contributed by atoms with Gasteiger partial charge in [-0.2, -0.15) is 0 Å². The number of nitrogens with zero attached hydrogens (tertiary/aromatic N) is 2. The summed E-state index contributed by atoms with van der Waals surface area (Å²) in [7, 11) is 0. The molecule has 1 heterocycles. The minimum atomic E-state index is -0.809. The van der Waals surface area contributed by atoms with E-state index in [9.17, 15) is 9.30 Å². The molecule has 0 fully saturated rings. The summed E-state index contributed by atoms with van der Waals surface area (Å²) in [6, 6.07) is 9.12. The number of alkyl halides is 1. The standard InChI is InChI=1S/C13H10ClFN2O2/c14-12(17-18)6-9-4-5-13(16-8-9)19-11-3-1-2-10(15)7-11/h1-5,7-8,12H,6H2. The molecule has 0 aliphatic rings. The molecule has 6 heteroatoms. The van der Waals surface area contributed by atoms with Crippen molar-refractivity contribution in [2.24, 2.45) is 5.18 Å². The minimum absolute atomic E-state index is 0.304. The topological polar surface area (TPSA) is 51.5 Å².